The standard InChI is InChI=1S/C30H38F3N5O2/c1-30(2,3)27(38(14-11-22(34)16-31)29(40)36-13-12-23(39)18-36)28-35-26(24-15-21(32)9-10-25(24)33)19-37(28)17-20-7-5-4-6-8-20/h4-10,15,19,22-23,27,39H,11-14,16-18,34H2,1-3H3/t22-,23+,27-/m0/s1. The number of aromatic nitrogens is 2. The highest BCUT2D eigenvalue weighted by Crippen LogP contribution is 2.40. The molecule has 0 radical (unpaired) electrons. The van der Waals surface area contributed by atoms with Gasteiger partial charge in [0.25, 0.3) is 0 Å². The number of aliphatic hydroxyl groups excluding tert-OH is 1. The number of amides is 2. The minimum Gasteiger partial charge on any atom is -0.391 e. The van der Waals surface area contributed by atoms with Crippen LogP contribution in [0, 0.1) is 17.0 Å². The summed E-state index contributed by atoms with van der Waals surface area (Å²) in [5.41, 5.74) is 6.56. The summed E-state index contributed by atoms with van der Waals surface area (Å²) in [7, 11) is 0. The minimum absolute atomic E-state index is 0.0146. The van der Waals surface area contributed by atoms with E-state index in [2.05, 4.69) is 0 Å². The number of likely N-dealkylation sites (tertiary alicyclic amines) is 1. The molecule has 3 N–H and O–H groups in total. The van der Waals surface area contributed by atoms with E-state index in [0.717, 1.165) is 23.8 Å². The molecule has 4 rings (SSSR count). The number of nitrogens with two attached hydrogens (primary N) is 1. The van der Waals surface area contributed by atoms with Crippen molar-refractivity contribution in [1.29, 1.82) is 0 Å². The Kier molecular flexibility index (Phi) is 9.20. The molecule has 3 aromatic rings. The van der Waals surface area contributed by atoms with Crippen molar-refractivity contribution in [3.05, 3.63) is 77.8 Å². The van der Waals surface area contributed by atoms with Gasteiger partial charge >= 0.3 is 6.03 Å². The van der Waals surface area contributed by atoms with E-state index in [1.165, 1.54) is 0 Å². The Hall–Kier alpha value is -3.37. The third-order valence-corrected chi connectivity index (χ3v) is 7.20. The van der Waals surface area contributed by atoms with E-state index in [4.69, 9.17) is 10.7 Å². The fourth-order valence-corrected chi connectivity index (χ4v) is 5.19. The van der Waals surface area contributed by atoms with Crippen LogP contribution in [0.4, 0.5) is 18.0 Å². The van der Waals surface area contributed by atoms with Crippen LogP contribution in [-0.4, -0.2) is 68.9 Å². The van der Waals surface area contributed by atoms with Gasteiger partial charge in [0.1, 0.15) is 24.1 Å². The Morgan fingerprint density at radius 2 is 1.93 bits per heavy atom. The first kappa shape index (κ1) is 29.6. The predicted octanol–water partition coefficient (Wildman–Crippen LogP) is 5.14. The van der Waals surface area contributed by atoms with Crippen LogP contribution in [0.5, 0.6) is 0 Å². The maximum absolute atomic E-state index is 14.9. The average Bonchev–Trinajstić information content (AvgIpc) is 3.53. The van der Waals surface area contributed by atoms with Gasteiger partial charge in [-0.2, -0.15) is 0 Å². The third kappa shape index (κ3) is 6.85. The third-order valence-electron chi connectivity index (χ3n) is 7.20. The second-order valence-electron chi connectivity index (χ2n) is 11.6. The maximum Gasteiger partial charge on any atom is 0.320 e. The molecule has 1 fully saturated rings. The summed E-state index contributed by atoms with van der Waals surface area (Å²) in [6.07, 6.45) is 1.74. The van der Waals surface area contributed by atoms with E-state index in [0.29, 0.717) is 25.3 Å². The van der Waals surface area contributed by atoms with Gasteiger partial charge in [-0.3, -0.25) is 0 Å². The van der Waals surface area contributed by atoms with Crippen molar-refractivity contribution in [2.45, 2.75) is 58.3 Å². The predicted molar refractivity (Wildman–Crippen MR) is 148 cm³/mol. The number of rotatable bonds is 9. The van der Waals surface area contributed by atoms with Crippen LogP contribution in [0.3, 0.4) is 0 Å². The van der Waals surface area contributed by atoms with Crippen molar-refractivity contribution >= 4 is 6.03 Å². The molecule has 2 aromatic carbocycles. The summed E-state index contributed by atoms with van der Waals surface area (Å²) in [6.45, 7) is 6.29. The molecule has 0 saturated carbocycles. The quantitative estimate of drug-likeness (QED) is 0.382. The van der Waals surface area contributed by atoms with Crippen molar-refractivity contribution in [3.63, 3.8) is 0 Å². The van der Waals surface area contributed by atoms with Gasteiger partial charge in [-0.25, -0.2) is 22.9 Å². The zero-order chi connectivity index (χ0) is 29.0. The Labute approximate surface area is 233 Å². The number of alkyl halides is 1. The zero-order valence-electron chi connectivity index (χ0n) is 23.2. The number of hydrogen-bond acceptors (Lipinski definition) is 4. The first-order chi connectivity index (χ1) is 19.0. The number of carbonyl (C=O) groups excluding carboxylic acids is 1. The fraction of sp³-hybridized carbons (Fsp3) is 0.467. The molecule has 2 heterocycles. The Bertz CT molecular complexity index is 1290. The van der Waals surface area contributed by atoms with Crippen LogP contribution in [0.15, 0.2) is 54.7 Å². The smallest absolute Gasteiger partial charge is 0.320 e. The van der Waals surface area contributed by atoms with Crippen molar-refractivity contribution in [3.8, 4) is 11.3 Å². The Balaban J connectivity index is 1.86. The van der Waals surface area contributed by atoms with Crippen LogP contribution < -0.4 is 5.73 Å². The average molecular weight is 558 g/mol. The molecule has 2 amide bonds. The molecule has 40 heavy (non-hydrogen) atoms. The number of aliphatic hydroxyl groups is 1. The molecule has 10 heteroatoms. The number of β-amino-alcohol motifs (C(OH)–C–C–N with tert-alkyl or cyclic N) is 1. The second kappa shape index (κ2) is 12.4. The van der Waals surface area contributed by atoms with Gasteiger partial charge in [-0.15, -0.1) is 0 Å². The molecule has 3 atom stereocenters. The molecule has 1 aliphatic rings. The van der Waals surface area contributed by atoms with Gasteiger partial charge in [0, 0.05) is 44.0 Å². The van der Waals surface area contributed by atoms with Crippen LogP contribution in [0.25, 0.3) is 11.3 Å². The van der Waals surface area contributed by atoms with Gasteiger partial charge in [-0.05, 0) is 42.0 Å². The summed E-state index contributed by atoms with van der Waals surface area (Å²) in [4.78, 5) is 22.0. The number of hydrogen-bond donors (Lipinski definition) is 2. The van der Waals surface area contributed by atoms with Crippen molar-refractivity contribution in [1.82, 2.24) is 19.4 Å². The topological polar surface area (TPSA) is 87.6 Å². The van der Waals surface area contributed by atoms with Crippen molar-refractivity contribution < 1.29 is 23.1 Å². The van der Waals surface area contributed by atoms with Crippen LogP contribution >= 0.6 is 0 Å². The number of benzene rings is 2. The first-order valence-electron chi connectivity index (χ1n) is 13.6. The van der Waals surface area contributed by atoms with E-state index in [-0.39, 0.29) is 36.8 Å². The van der Waals surface area contributed by atoms with Gasteiger partial charge in [0.15, 0.2) is 0 Å². The van der Waals surface area contributed by atoms with E-state index in [9.17, 15) is 23.1 Å². The summed E-state index contributed by atoms with van der Waals surface area (Å²) < 4.78 is 44.3. The van der Waals surface area contributed by atoms with Crippen LogP contribution in [0.2, 0.25) is 0 Å². The van der Waals surface area contributed by atoms with Gasteiger partial charge in [0.05, 0.1) is 17.8 Å². The second-order valence-corrected chi connectivity index (χ2v) is 11.6. The van der Waals surface area contributed by atoms with Crippen LogP contribution in [-0.2, 0) is 6.54 Å². The highest BCUT2D eigenvalue weighted by molar-refractivity contribution is 5.75. The van der Waals surface area contributed by atoms with Crippen molar-refractivity contribution in [2.75, 3.05) is 26.3 Å². The lowest BCUT2D eigenvalue weighted by Gasteiger charge is -2.41. The number of imidazole rings is 1. The number of carbonyl (C=O) groups is 1. The van der Waals surface area contributed by atoms with E-state index >= 15 is 0 Å². The molecule has 1 saturated heterocycles. The van der Waals surface area contributed by atoms with Crippen LogP contribution in [0.1, 0.15) is 51.0 Å². The normalized spacial score (nSPS) is 17.2. The monoisotopic (exact) mass is 557 g/mol. The largest absolute Gasteiger partial charge is 0.391 e. The van der Waals surface area contributed by atoms with Gasteiger partial charge in [0.2, 0.25) is 0 Å². The zero-order valence-corrected chi connectivity index (χ0v) is 23.2. The number of nitrogens with zero attached hydrogens (tertiary/aromatic N) is 4. The molecule has 216 valence electrons. The molecule has 1 aromatic heterocycles. The van der Waals surface area contributed by atoms with Gasteiger partial charge in [-0.1, -0.05) is 51.1 Å². The molecule has 0 unspecified atom stereocenters. The molecule has 0 aliphatic carbocycles. The highest BCUT2D eigenvalue weighted by Gasteiger charge is 2.41. The number of halogens is 3. The van der Waals surface area contributed by atoms with E-state index < -0.39 is 41.9 Å². The minimum atomic E-state index is -0.749. The Morgan fingerprint density at radius 1 is 1.20 bits per heavy atom. The van der Waals surface area contributed by atoms with E-state index in [1.54, 1.807) is 16.0 Å². The molecule has 0 bridgehead atoms. The summed E-state index contributed by atoms with van der Waals surface area (Å²) >= 11 is 0. The molecule has 1 aliphatic heterocycles. The molecule has 7 nitrogen and oxygen atoms in total. The van der Waals surface area contributed by atoms with Crippen molar-refractivity contribution in [2.24, 2.45) is 11.1 Å². The van der Waals surface area contributed by atoms with E-state index in [1.807, 2.05) is 55.7 Å². The Morgan fingerprint density at radius 3 is 2.55 bits per heavy atom. The highest BCUT2D eigenvalue weighted by atomic mass is 19.1. The lowest BCUT2D eigenvalue weighted by Crippen LogP contribution is -2.49. The summed E-state index contributed by atoms with van der Waals surface area (Å²) in [5, 5.41) is 10.1. The molecular formula is C30H38F3N5O2. The maximum atomic E-state index is 14.9. The SMILES string of the molecule is CC(C)(C)[C@H](c1nc(-c2cc(F)ccc2F)cn1Cc1ccccc1)N(CC[C@H](N)CF)C(=O)N1CC[C@@H](O)C1. The summed E-state index contributed by atoms with van der Waals surface area (Å²) in [5.74, 6) is -0.720. The lowest BCUT2D eigenvalue weighted by atomic mass is 9.84. The first-order valence-corrected chi connectivity index (χ1v) is 13.6. The number of urea groups is 1. The summed E-state index contributed by atoms with van der Waals surface area (Å²) in [6, 6.07) is 11.2. The van der Waals surface area contributed by atoms with Gasteiger partial charge < -0.3 is 25.2 Å². The molecule has 0 spiro atoms. The molecular weight excluding hydrogens is 519 g/mol. The lowest BCUT2D eigenvalue weighted by molar-refractivity contribution is 0.0820. The fourth-order valence-electron chi connectivity index (χ4n) is 5.19.